The van der Waals surface area contributed by atoms with Crippen LogP contribution in [0.1, 0.15) is 10.5 Å². The van der Waals surface area contributed by atoms with Crippen LogP contribution in [0.2, 0.25) is 0 Å². The highest BCUT2D eigenvalue weighted by atomic mass is 19.1. The molecule has 0 bridgehead atoms. The van der Waals surface area contributed by atoms with Gasteiger partial charge in [0, 0.05) is 5.39 Å². The quantitative estimate of drug-likeness (QED) is 0.743. The lowest BCUT2D eigenvalue weighted by Crippen LogP contribution is -2.06. The molecule has 2 aromatic rings. The molecule has 3 N–H and O–H groups in total. The molecule has 1 aromatic carbocycles. The van der Waals surface area contributed by atoms with Gasteiger partial charge in [-0.3, -0.25) is 0 Å². The maximum atomic E-state index is 13.3. The van der Waals surface area contributed by atoms with Gasteiger partial charge in [-0.15, -0.1) is 0 Å². The molecule has 0 atom stereocenters. The number of nitrogen functional groups attached to an aromatic ring is 1. The molecule has 0 saturated heterocycles. The number of halogens is 1. The van der Waals surface area contributed by atoms with E-state index >= 15 is 0 Å². The zero-order valence-electron chi connectivity index (χ0n) is 7.57. The summed E-state index contributed by atoms with van der Waals surface area (Å²) < 4.78 is 13.3. The van der Waals surface area contributed by atoms with Gasteiger partial charge in [-0.25, -0.2) is 14.2 Å². The number of aromatic carboxylic acids is 1. The van der Waals surface area contributed by atoms with E-state index in [2.05, 4.69) is 4.98 Å². The number of benzene rings is 1. The first-order valence-electron chi connectivity index (χ1n) is 4.17. The van der Waals surface area contributed by atoms with Crippen molar-refractivity contribution in [2.75, 3.05) is 5.73 Å². The molecule has 0 aliphatic carbocycles. The predicted octanol–water partition coefficient (Wildman–Crippen LogP) is 1.65. The van der Waals surface area contributed by atoms with Crippen LogP contribution in [0.4, 0.5) is 10.1 Å². The Morgan fingerprint density at radius 3 is 2.87 bits per heavy atom. The van der Waals surface area contributed by atoms with E-state index in [0.717, 1.165) is 0 Å². The van der Waals surface area contributed by atoms with Gasteiger partial charge in [0.05, 0.1) is 5.69 Å². The number of rotatable bonds is 1. The van der Waals surface area contributed by atoms with Crippen molar-refractivity contribution in [3.63, 3.8) is 0 Å². The first-order valence-corrected chi connectivity index (χ1v) is 4.17. The van der Waals surface area contributed by atoms with E-state index in [0.29, 0.717) is 5.39 Å². The Balaban J connectivity index is 2.83. The normalized spacial score (nSPS) is 10.5. The minimum Gasteiger partial charge on any atom is -0.476 e. The summed E-state index contributed by atoms with van der Waals surface area (Å²) in [5.74, 6) is -1.83. The van der Waals surface area contributed by atoms with Gasteiger partial charge in [0.25, 0.3) is 0 Å². The number of anilines is 1. The van der Waals surface area contributed by atoms with Crippen LogP contribution in [0.25, 0.3) is 10.9 Å². The van der Waals surface area contributed by atoms with Gasteiger partial charge in [-0.2, -0.15) is 0 Å². The number of carboxylic acids is 1. The number of nitrogens with two attached hydrogens (primary N) is 1. The lowest BCUT2D eigenvalue weighted by atomic mass is 10.1. The molecule has 1 aromatic heterocycles. The highest BCUT2D eigenvalue weighted by molar-refractivity contribution is 5.96. The van der Waals surface area contributed by atoms with E-state index in [4.69, 9.17) is 10.8 Å². The molecule has 0 fully saturated rings. The largest absolute Gasteiger partial charge is 0.476 e. The summed E-state index contributed by atoms with van der Waals surface area (Å²) in [7, 11) is 0. The molecule has 0 aliphatic heterocycles. The van der Waals surface area contributed by atoms with Gasteiger partial charge in [-0.1, -0.05) is 12.1 Å². The molecule has 15 heavy (non-hydrogen) atoms. The Morgan fingerprint density at radius 2 is 2.20 bits per heavy atom. The fourth-order valence-electron chi connectivity index (χ4n) is 1.35. The van der Waals surface area contributed by atoms with Crippen molar-refractivity contribution >= 4 is 22.6 Å². The van der Waals surface area contributed by atoms with Crippen LogP contribution in [0.3, 0.4) is 0 Å². The van der Waals surface area contributed by atoms with Crippen molar-refractivity contribution < 1.29 is 14.3 Å². The lowest BCUT2D eigenvalue weighted by molar-refractivity contribution is 0.0692. The van der Waals surface area contributed by atoms with E-state index in [1.54, 1.807) is 6.07 Å². The van der Waals surface area contributed by atoms with Crippen LogP contribution in [0.15, 0.2) is 24.3 Å². The van der Waals surface area contributed by atoms with Crippen LogP contribution < -0.4 is 5.73 Å². The number of para-hydroxylation sites is 1. The molecule has 76 valence electrons. The van der Waals surface area contributed by atoms with Crippen molar-refractivity contribution in [2.24, 2.45) is 0 Å². The number of hydrogen-bond donors (Lipinski definition) is 2. The van der Waals surface area contributed by atoms with Crippen LogP contribution >= 0.6 is 0 Å². The predicted molar refractivity (Wildman–Crippen MR) is 53.1 cm³/mol. The maximum Gasteiger partial charge on any atom is 0.356 e. The third-order valence-electron chi connectivity index (χ3n) is 2.03. The molecule has 1 heterocycles. The number of pyridine rings is 1. The molecule has 5 heteroatoms. The second-order valence-electron chi connectivity index (χ2n) is 3.04. The highest BCUT2D eigenvalue weighted by Gasteiger charge is 2.12. The number of carboxylic acid groups (broad SMARTS) is 1. The van der Waals surface area contributed by atoms with Gasteiger partial charge >= 0.3 is 5.97 Å². The van der Waals surface area contributed by atoms with Gasteiger partial charge in [0.1, 0.15) is 11.3 Å². The molecule has 0 unspecified atom stereocenters. The smallest absolute Gasteiger partial charge is 0.356 e. The van der Waals surface area contributed by atoms with Gasteiger partial charge in [0.15, 0.2) is 5.69 Å². The standard InChI is InChI=1S/C10H7FN2O2/c11-6-3-1-2-5-4-7(12)9(10(14)15)13-8(5)6/h1-4H,12H2,(H,14,15). The Kier molecular flexibility index (Phi) is 2.00. The summed E-state index contributed by atoms with van der Waals surface area (Å²) in [6.07, 6.45) is 0. The van der Waals surface area contributed by atoms with Crippen LogP contribution in [0.5, 0.6) is 0 Å². The lowest BCUT2D eigenvalue weighted by Gasteiger charge is -2.03. The molecule has 0 saturated carbocycles. The molecule has 0 aliphatic rings. The third kappa shape index (κ3) is 1.48. The zero-order chi connectivity index (χ0) is 11.0. The molecular formula is C10H7FN2O2. The summed E-state index contributed by atoms with van der Waals surface area (Å²) in [6.45, 7) is 0. The molecule has 4 nitrogen and oxygen atoms in total. The number of hydrogen-bond acceptors (Lipinski definition) is 3. The highest BCUT2D eigenvalue weighted by Crippen LogP contribution is 2.20. The SMILES string of the molecule is Nc1cc2cccc(F)c2nc1C(=O)O. The summed E-state index contributed by atoms with van der Waals surface area (Å²) in [5, 5.41) is 9.23. The second-order valence-corrected chi connectivity index (χ2v) is 3.04. The minimum absolute atomic E-state index is 0.0177. The summed E-state index contributed by atoms with van der Waals surface area (Å²) in [4.78, 5) is 14.4. The van der Waals surface area contributed by atoms with Crippen molar-refractivity contribution in [2.45, 2.75) is 0 Å². The first-order chi connectivity index (χ1) is 7.09. The Labute approximate surface area is 84.2 Å². The summed E-state index contributed by atoms with van der Waals surface area (Å²) in [5.41, 5.74) is 5.19. The fourth-order valence-corrected chi connectivity index (χ4v) is 1.35. The van der Waals surface area contributed by atoms with E-state index < -0.39 is 11.8 Å². The molecule has 0 amide bonds. The van der Waals surface area contributed by atoms with Crippen molar-refractivity contribution in [3.05, 3.63) is 35.8 Å². The summed E-state index contributed by atoms with van der Waals surface area (Å²) in [6, 6.07) is 5.75. The van der Waals surface area contributed by atoms with Crippen LogP contribution in [-0.2, 0) is 0 Å². The Bertz CT molecular complexity index is 554. The third-order valence-corrected chi connectivity index (χ3v) is 2.03. The van der Waals surface area contributed by atoms with E-state index in [1.807, 2.05) is 0 Å². The molecular weight excluding hydrogens is 199 g/mol. The first kappa shape index (κ1) is 9.39. The Morgan fingerprint density at radius 1 is 1.47 bits per heavy atom. The summed E-state index contributed by atoms with van der Waals surface area (Å²) >= 11 is 0. The average molecular weight is 206 g/mol. The van der Waals surface area contributed by atoms with Gasteiger partial charge in [-0.05, 0) is 12.1 Å². The van der Waals surface area contributed by atoms with Crippen molar-refractivity contribution in [1.29, 1.82) is 0 Å². The monoisotopic (exact) mass is 206 g/mol. The zero-order valence-corrected chi connectivity index (χ0v) is 7.57. The Hall–Kier alpha value is -2.17. The molecule has 0 radical (unpaired) electrons. The van der Waals surface area contributed by atoms with Crippen LogP contribution in [0, 0.1) is 5.82 Å². The molecule has 2 rings (SSSR count). The number of fused-ring (bicyclic) bond motifs is 1. The topological polar surface area (TPSA) is 76.2 Å². The average Bonchev–Trinajstić information content (AvgIpc) is 2.16. The molecule has 0 spiro atoms. The minimum atomic E-state index is -1.27. The van der Waals surface area contributed by atoms with Crippen molar-refractivity contribution in [3.8, 4) is 0 Å². The van der Waals surface area contributed by atoms with Crippen LogP contribution in [-0.4, -0.2) is 16.1 Å². The van der Waals surface area contributed by atoms with E-state index in [-0.39, 0.29) is 16.9 Å². The number of aromatic nitrogens is 1. The van der Waals surface area contributed by atoms with Crippen molar-refractivity contribution in [1.82, 2.24) is 4.98 Å². The second kappa shape index (κ2) is 3.20. The number of carbonyl (C=O) groups is 1. The number of nitrogens with zero attached hydrogens (tertiary/aromatic N) is 1. The van der Waals surface area contributed by atoms with E-state index in [1.165, 1.54) is 18.2 Å². The fraction of sp³-hybridized carbons (Fsp3) is 0. The maximum absolute atomic E-state index is 13.3. The van der Waals surface area contributed by atoms with E-state index in [9.17, 15) is 9.18 Å². The van der Waals surface area contributed by atoms with Gasteiger partial charge < -0.3 is 10.8 Å². The van der Waals surface area contributed by atoms with Gasteiger partial charge in [0.2, 0.25) is 0 Å².